The smallest absolute Gasteiger partial charge is 0.0780 e. The number of hydrogen-bond acceptors (Lipinski definition) is 1. The Labute approximate surface area is 157 Å². The summed E-state index contributed by atoms with van der Waals surface area (Å²) in [6.45, 7) is 22.0. The lowest BCUT2D eigenvalue weighted by Gasteiger charge is -2.20. The highest BCUT2D eigenvalue weighted by molar-refractivity contribution is 6.00. The van der Waals surface area contributed by atoms with Gasteiger partial charge in [-0.2, -0.15) is 0 Å². The van der Waals surface area contributed by atoms with Crippen molar-refractivity contribution in [2.24, 2.45) is 0 Å². The molecule has 0 saturated carbocycles. The molecule has 134 valence electrons. The average Bonchev–Trinajstić information content (AvgIpc) is 2.58. The molecule has 0 atom stereocenters. The minimum absolute atomic E-state index is 1.01. The molecule has 0 aliphatic carbocycles. The SMILES string of the molecule is C=C(c1c(C)c(C)cc(C)c1C)c1ncc(C)c2c(C)c(C)c(C)cc12. The van der Waals surface area contributed by atoms with Crippen LogP contribution in [-0.4, -0.2) is 4.98 Å². The largest absolute Gasteiger partial charge is 0.255 e. The molecule has 26 heavy (non-hydrogen) atoms. The molecule has 1 heterocycles. The molecule has 3 aromatic rings. The molecule has 0 radical (unpaired) electrons. The van der Waals surface area contributed by atoms with Crippen LogP contribution in [0.2, 0.25) is 0 Å². The molecular formula is C25H29N. The van der Waals surface area contributed by atoms with E-state index in [2.05, 4.69) is 74.1 Å². The van der Waals surface area contributed by atoms with Crippen LogP contribution < -0.4 is 0 Å². The summed E-state index contributed by atoms with van der Waals surface area (Å²) in [4.78, 5) is 4.84. The van der Waals surface area contributed by atoms with Crippen molar-refractivity contribution in [3.63, 3.8) is 0 Å². The van der Waals surface area contributed by atoms with E-state index in [-0.39, 0.29) is 0 Å². The van der Waals surface area contributed by atoms with E-state index >= 15 is 0 Å². The first-order valence-corrected chi connectivity index (χ1v) is 9.28. The third-order valence-electron chi connectivity index (χ3n) is 6.15. The zero-order chi connectivity index (χ0) is 19.3. The highest BCUT2D eigenvalue weighted by Crippen LogP contribution is 2.36. The fraction of sp³-hybridized carbons (Fsp3) is 0.320. The Kier molecular flexibility index (Phi) is 4.52. The fourth-order valence-electron chi connectivity index (χ4n) is 4.10. The zero-order valence-electron chi connectivity index (χ0n) is 17.4. The van der Waals surface area contributed by atoms with Gasteiger partial charge in [-0.3, -0.25) is 4.98 Å². The summed E-state index contributed by atoms with van der Waals surface area (Å²) in [5.74, 6) is 0. The van der Waals surface area contributed by atoms with Crippen molar-refractivity contribution in [3.05, 3.63) is 80.7 Å². The normalized spacial score (nSPS) is 11.2. The van der Waals surface area contributed by atoms with Crippen molar-refractivity contribution >= 4 is 16.3 Å². The number of nitrogens with zero attached hydrogens (tertiary/aromatic N) is 1. The predicted octanol–water partition coefficient (Wildman–Crippen LogP) is 6.76. The Morgan fingerprint density at radius 1 is 0.692 bits per heavy atom. The molecule has 0 fully saturated rings. The molecule has 1 nitrogen and oxygen atoms in total. The molecule has 0 N–H and O–H groups in total. The van der Waals surface area contributed by atoms with E-state index in [0.717, 1.165) is 11.3 Å². The monoisotopic (exact) mass is 343 g/mol. The van der Waals surface area contributed by atoms with E-state index in [4.69, 9.17) is 4.98 Å². The lowest BCUT2D eigenvalue weighted by atomic mass is 9.86. The molecule has 1 heteroatoms. The summed E-state index contributed by atoms with van der Waals surface area (Å²) >= 11 is 0. The third-order valence-corrected chi connectivity index (χ3v) is 6.15. The molecule has 0 saturated heterocycles. The maximum absolute atomic E-state index is 4.84. The molecule has 0 amide bonds. The molecule has 0 unspecified atom stereocenters. The van der Waals surface area contributed by atoms with Crippen LogP contribution in [0.3, 0.4) is 0 Å². The lowest BCUT2D eigenvalue weighted by molar-refractivity contribution is 1.20. The Balaban J connectivity index is 2.38. The summed E-state index contributed by atoms with van der Waals surface area (Å²) in [6, 6.07) is 4.55. The van der Waals surface area contributed by atoms with Gasteiger partial charge >= 0.3 is 0 Å². The number of aryl methyl sites for hydroxylation is 5. The number of pyridine rings is 1. The van der Waals surface area contributed by atoms with Gasteiger partial charge in [-0.15, -0.1) is 0 Å². The summed E-state index contributed by atoms with van der Waals surface area (Å²) in [5, 5.41) is 2.53. The molecule has 3 rings (SSSR count). The van der Waals surface area contributed by atoms with E-state index in [0.29, 0.717) is 0 Å². The standard InChI is InChI=1S/C25H29N/c1-13-10-14(2)19(7)24(18(13)6)21(9)25-22-11-15(3)17(5)20(8)23(22)16(4)12-26-25/h10-12H,9H2,1-8H3. The number of fused-ring (bicyclic) bond motifs is 1. The van der Waals surface area contributed by atoms with Crippen LogP contribution in [-0.2, 0) is 0 Å². The molecule has 0 bridgehead atoms. The molecule has 1 aromatic heterocycles. The second kappa shape index (κ2) is 6.39. The molecule has 0 spiro atoms. The van der Waals surface area contributed by atoms with E-state index < -0.39 is 0 Å². The van der Waals surface area contributed by atoms with Gasteiger partial charge in [0.25, 0.3) is 0 Å². The van der Waals surface area contributed by atoms with E-state index in [1.165, 1.54) is 60.8 Å². The average molecular weight is 344 g/mol. The van der Waals surface area contributed by atoms with E-state index in [1.807, 2.05) is 6.20 Å². The van der Waals surface area contributed by atoms with Crippen LogP contribution in [0.15, 0.2) is 24.9 Å². The van der Waals surface area contributed by atoms with Crippen molar-refractivity contribution in [2.75, 3.05) is 0 Å². The first kappa shape index (κ1) is 18.4. The minimum atomic E-state index is 1.01. The van der Waals surface area contributed by atoms with Gasteiger partial charge in [-0.25, -0.2) is 0 Å². The molecular weight excluding hydrogens is 314 g/mol. The third kappa shape index (κ3) is 2.67. The van der Waals surface area contributed by atoms with E-state index in [1.54, 1.807) is 0 Å². The predicted molar refractivity (Wildman–Crippen MR) is 114 cm³/mol. The molecule has 2 aromatic carbocycles. The Hall–Kier alpha value is -2.41. The minimum Gasteiger partial charge on any atom is -0.255 e. The summed E-state index contributed by atoms with van der Waals surface area (Å²) in [7, 11) is 0. The summed E-state index contributed by atoms with van der Waals surface area (Å²) in [5.41, 5.74) is 13.8. The number of benzene rings is 2. The maximum Gasteiger partial charge on any atom is 0.0780 e. The second-order valence-electron chi connectivity index (χ2n) is 7.77. The number of hydrogen-bond donors (Lipinski definition) is 0. The quantitative estimate of drug-likeness (QED) is 0.500. The molecule has 0 aliphatic heterocycles. The van der Waals surface area contributed by atoms with Crippen molar-refractivity contribution in [1.82, 2.24) is 4.98 Å². The lowest BCUT2D eigenvalue weighted by Crippen LogP contribution is -2.03. The van der Waals surface area contributed by atoms with Crippen LogP contribution in [0.4, 0.5) is 0 Å². The number of rotatable bonds is 2. The first-order chi connectivity index (χ1) is 12.1. The van der Waals surface area contributed by atoms with Gasteiger partial charge < -0.3 is 0 Å². The number of aromatic nitrogens is 1. The van der Waals surface area contributed by atoms with Crippen molar-refractivity contribution in [2.45, 2.75) is 55.4 Å². The Morgan fingerprint density at radius 3 is 1.81 bits per heavy atom. The first-order valence-electron chi connectivity index (χ1n) is 9.28. The van der Waals surface area contributed by atoms with Crippen LogP contribution in [0.25, 0.3) is 16.3 Å². The molecule has 0 aliphatic rings. The van der Waals surface area contributed by atoms with Crippen LogP contribution in [0.5, 0.6) is 0 Å². The topological polar surface area (TPSA) is 12.9 Å². The van der Waals surface area contributed by atoms with Gasteiger partial charge in [-0.05, 0) is 117 Å². The summed E-state index contributed by atoms with van der Waals surface area (Å²) in [6.07, 6.45) is 2.00. The highest BCUT2D eigenvalue weighted by Gasteiger charge is 2.18. The van der Waals surface area contributed by atoms with Gasteiger partial charge in [-0.1, -0.05) is 12.6 Å². The summed E-state index contributed by atoms with van der Waals surface area (Å²) < 4.78 is 0. The van der Waals surface area contributed by atoms with Crippen LogP contribution in [0.1, 0.15) is 55.8 Å². The van der Waals surface area contributed by atoms with Crippen molar-refractivity contribution in [1.29, 1.82) is 0 Å². The van der Waals surface area contributed by atoms with Gasteiger partial charge in [0, 0.05) is 17.2 Å². The van der Waals surface area contributed by atoms with Gasteiger partial charge in [0.05, 0.1) is 5.69 Å². The van der Waals surface area contributed by atoms with Crippen LogP contribution >= 0.6 is 0 Å². The highest BCUT2D eigenvalue weighted by atomic mass is 14.7. The zero-order valence-corrected chi connectivity index (χ0v) is 17.4. The van der Waals surface area contributed by atoms with Crippen LogP contribution in [0, 0.1) is 55.4 Å². The Bertz CT molecular complexity index is 1040. The van der Waals surface area contributed by atoms with Gasteiger partial charge in [0.1, 0.15) is 0 Å². The second-order valence-corrected chi connectivity index (χ2v) is 7.77. The van der Waals surface area contributed by atoms with E-state index in [9.17, 15) is 0 Å². The maximum atomic E-state index is 4.84. The fourth-order valence-corrected chi connectivity index (χ4v) is 4.10. The Morgan fingerprint density at radius 2 is 1.23 bits per heavy atom. The van der Waals surface area contributed by atoms with Crippen molar-refractivity contribution < 1.29 is 0 Å². The van der Waals surface area contributed by atoms with Crippen molar-refractivity contribution in [3.8, 4) is 0 Å². The van der Waals surface area contributed by atoms with Gasteiger partial charge in [0.15, 0.2) is 0 Å². The van der Waals surface area contributed by atoms with Gasteiger partial charge in [0.2, 0.25) is 0 Å².